The Bertz CT molecular complexity index is 470. The molecular weight excluding hydrogens is 252 g/mol. The van der Waals surface area contributed by atoms with E-state index < -0.39 is 0 Å². The van der Waals surface area contributed by atoms with Gasteiger partial charge in [0.05, 0.1) is 12.6 Å². The molecule has 2 nitrogen and oxygen atoms in total. The molecule has 1 aromatic carbocycles. The van der Waals surface area contributed by atoms with Crippen molar-refractivity contribution in [3.63, 3.8) is 0 Å². The highest BCUT2D eigenvalue weighted by atomic mass is 32.2. The number of hydrogen-bond acceptors (Lipinski definition) is 3. The first-order valence-corrected chi connectivity index (χ1v) is 8.30. The third kappa shape index (κ3) is 2.97. The van der Waals surface area contributed by atoms with E-state index in [9.17, 15) is 0 Å². The van der Waals surface area contributed by atoms with Gasteiger partial charge in [0.25, 0.3) is 0 Å². The third-order valence-electron chi connectivity index (χ3n) is 3.99. The summed E-state index contributed by atoms with van der Waals surface area (Å²) >= 11 is 1.94. The fourth-order valence-corrected chi connectivity index (χ4v) is 4.20. The zero-order chi connectivity index (χ0) is 13.1. The van der Waals surface area contributed by atoms with E-state index >= 15 is 0 Å². The summed E-state index contributed by atoms with van der Waals surface area (Å²) in [6.07, 6.45) is 6.28. The highest BCUT2D eigenvalue weighted by Gasteiger charge is 2.24. The maximum atomic E-state index is 4.67. The number of aryl methyl sites for hydroxylation is 1. The molecule has 1 heterocycles. The Morgan fingerprint density at radius 2 is 2.26 bits per heavy atom. The number of aliphatic imine (C=N–C) groups is 1. The lowest BCUT2D eigenvalue weighted by atomic mass is 9.88. The normalized spacial score (nSPS) is 25.8. The molecule has 1 N–H and O–H groups in total. The number of nitrogens with zero attached hydrogens (tertiary/aromatic N) is 1. The summed E-state index contributed by atoms with van der Waals surface area (Å²) in [5.74, 6) is 0. The number of rotatable bonds is 3. The van der Waals surface area contributed by atoms with Crippen LogP contribution in [0.4, 0.5) is 0 Å². The summed E-state index contributed by atoms with van der Waals surface area (Å²) in [4.78, 5) is 4.67. The fraction of sp³-hybridized carbons (Fsp3) is 0.562. The standard InChI is InChI=1S/C16H22N2S/c1-2-6-13-11-17-16(19-13)18-15-10-5-8-12-7-3-4-9-14(12)15/h3-4,7,9,13,15H,2,5-6,8,10-11H2,1H3,(H,17,18). The Morgan fingerprint density at radius 1 is 1.37 bits per heavy atom. The Labute approximate surface area is 120 Å². The molecule has 3 heteroatoms. The minimum atomic E-state index is 0.469. The van der Waals surface area contributed by atoms with Crippen LogP contribution in [0.5, 0.6) is 0 Å². The molecule has 2 unspecified atom stereocenters. The SMILES string of the molecule is CCCC1CN=C(NC2CCCc3ccccc32)S1. The van der Waals surface area contributed by atoms with Crippen molar-refractivity contribution < 1.29 is 0 Å². The number of amidine groups is 1. The van der Waals surface area contributed by atoms with Crippen LogP contribution in [0.3, 0.4) is 0 Å². The zero-order valence-corrected chi connectivity index (χ0v) is 12.4. The van der Waals surface area contributed by atoms with Gasteiger partial charge in [-0.3, -0.25) is 4.99 Å². The molecule has 0 saturated heterocycles. The molecule has 0 aromatic heterocycles. The molecule has 2 aliphatic rings. The second-order valence-electron chi connectivity index (χ2n) is 5.46. The molecular formula is C16H22N2S. The van der Waals surface area contributed by atoms with Crippen molar-refractivity contribution in [3.05, 3.63) is 35.4 Å². The van der Waals surface area contributed by atoms with Gasteiger partial charge in [0, 0.05) is 5.25 Å². The van der Waals surface area contributed by atoms with Gasteiger partial charge in [0.15, 0.2) is 5.17 Å². The topological polar surface area (TPSA) is 24.4 Å². The van der Waals surface area contributed by atoms with Gasteiger partial charge in [-0.2, -0.15) is 0 Å². The minimum Gasteiger partial charge on any atom is -0.358 e. The van der Waals surface area contributed by atoms with Gasteiger partial charge >= 0.3 is 0 Å². The first-order chi connectivity index (χ1) is 9.36. The van der Waals surface area contributed by atoms with Gasteiger partial charge in [-0.25, -0.2) is 0 Å². The van der Waals surface area contributed by atoms with Crippen molar-refractivity contribution in [1.29, 1.82) is 0 Å². The van der Waals surface area contributed by atoms with E-state index in [0.29, 0.717) is 11.3 Å². The number of thioether (sulfide) groups is 1. The average molecular weight is 274 g/mol. The molecule has 0 spiro atoms. The quantitative estimate of drug-likeness (QED) is 0.903. The van der Waals surface area contributed by atoms with Crippen molar-refractivity contribution >= 4 is 16.9 Å². The highest BCUT2D eigenvalue weighted by Crippen LogP contribution is 2.32. The minimum absolute atomic E-state index is 0.469. The molecule has 0 saturated carbocycles. The van der Waals surface area contributed by atoms with Crippen molar-refractivity contribution in [1.82, 2.24) is 5.32 Å². The van der Waals surface area contributed by atoms with E-state index in [1.54, 1.807) is 0 Å². The lowest BCUT2D eigenvalue weighted by molar-refractivity contribution is 0.530. The van der Waals surface area contributed by atoms with E-state index in [1.165, 1.54) is 48.4 Å². The monoisotopic (exact) mass is 274 g/mol. The molecule has 1 aromatic rings. The number of hydrogen-bond donors (Lipinski definition) is 1. The van der Waals surface area contributed by atoms with Gasteiger partial charge in [-0.1, -0.05) is 49.4 Å². The zero-order valence-electron chi connectivity index (χ0n) is 11.6. The summed E-state index contributed by atoms with van der Waals surface area (Å²) in [7, 11) is 0. The van der Waals surface area contributed by atoms with Crippen molar-refractivity contribution in [3.8, 4) is 0 Å². The largest absolute Gasteiger partial charge is 0.358 e. The second-order valence-corrected chi connectivity index (χ2v) is 6.75. The smallest absolute Gasteiger partial charge is 0.157 e. The fourth-order valence-electron chi connectivity index (χ4n) is 3.02. The molecule has 3 rings (SSSR count). The molecule has 1 aliphatic heterocycles. The maximum Gasteiger partial charge on any atom is 0.157 e. The van der Waals surface area contributed by atoms with Crippen LogP contribution >= 0.6 is 11.8 Å². The molecule has 0 amide bonds. The van der Waals surface area contributed by atoms with Crippen LogP contribution in [0.2, 0.25) is 0 Å². The van der Waals surface area contributed by atoms with E-state index in [4.69, 9.17) is 0 Å². The highest BCUT2D eigenvalue weighted by molar-refractivity contribution is 8.14. The van der Waals surface area contributed by atoms with Crippen LogP contribution < -0.4 is 5.32 Å². The van der Waals surface area contributed by atoms with Gasteiger partial charge in [-0.05, 0) is 36.8 Å². The van der Waals surface area contributed by atoms with E-state index in [0.717, 1.165) is 6.54 Å². The van der Waals surface area contributed by atoms with Crippen LogP contribution in [-0.4, -0.2) is 17.0 Å². The lowest BCUT2D eigenvalue weighted by Crippen LogP contribution is -2.28. The summed E-state index contributed by atoms with van der Waals surface area (Å²) in [5.41, 5.74) is 3.00. The molecule has 0 radical (unpaired) electrons. The maximum absolute atomic E-state index is 4.67. The van der Waals surface area contributed by atoms with Crippen LogP contribution in [0.25, 0.3) is 0 Å². The van der Waals surface area contributed by atoms with Crippen LogP contribution in [0.15, 0.2) is 29.3 Å². The van der Waals surface area contributed by atoms with Gasteiger partial charge < -0.3 is 5.32 Å². The predicted molar refractivity (Wildman–Crippen MR) is 83.8 cm³/mol. The molecule has 102 valence electrons. The van der Waals surface area contributed by atoms with E-state index in [1.807, 2.05) is 11.8 Å². The Kier molecular flexibility index (Phi) is 4.12. The first kappa shape index (κ1) is 13.0. The van der Waals surface area contributed by atoms with Crippen LogP contribution in [-0.2, 0) is 6.42 Å². The molecule has 1 aliphatic carbocycles. The number of nitrogens with one attached hydrogen (secondary N) is 1. The van der Waals surface area contributed by atoms with Gasteiger partial charge in [0.2, 0.25) is 0 Å². The predicted octanol–water partition coefficient (Wildman–Crippen LogP) is 3.93. The van der Waals surface area contributed by atoms with Crippen LogP contribution in [0, 0.1) is 0 Å². The lowest BCUT2D eigenvalue weighted by Gasteiger charge is -2.27. The first-order valence-electron chi connectivity index (χ1n) is 7.42. The Morgan fingerprint density at radius 3 is 3.16 bits per heavy atom. The Hall–Kier alpha value is -0.960. The third-order valence-corrected chi connectivity index (χ3v) is 5.18. The van der Waals surface area contributed by atoms with Crippen molar-refractivity contribution in [2.75, 3.05) is 6.54 Å². The van der Waals surface area contributed by atoms with Gasteiger partial charge in [-0.15, -0.1) is 0 Å². The average Bonchev–Trinajstić information content (AvgIpc) is 2.87. The molecule has 19 heavy (non-hydrogen) atoms. The van der Waals surface area contributed by atoms with Crippen molar-refractivity contribution in [2.45, 2.75) is 50.3 Å². The number of benzene rings is 1. The summed E-state index contributed by atoms with van der Waals surface area (Å²) in [5, 5.41) is 5.54. The summed E-state index contributed by atoms with van der Waals surface area (Å²) in [6.45, 7) is 3.25. The molecule has 0 fully saturated rings. The van der Waals surface area contributed by atoms with E-state index in [2.05, 4.69) is 41.5 Å². The summed E-state index contributed by atoms with van der Waals surface area (Å²) in [6, 6.07) is 9.32. The van der Waals surface area contributed by atoms with Crippen molar-refractivity contribution in [2.24, 2.45) is 4.99 Å². The molecule has 2 atom stereocenters. The summed E-state index contributed by atoms with van der Waals surface area (Å²) < 4.78 is 0. The van der Waals surface area contributed by atoms with Gasteiger partial charge in [0.1, 0.15) is 0 Å². The Balaban J connectivity index is 1.66. The van der Waals surface area contributed by atoms with E-state index in [-0.39, 0.29) is 0 Å². The second kappa shape index (κ2) is 6.00. The van der Waals surface area contributed by atoms with Crippen LogP contribution in [0.1, 0.15) is 49.8 Å². The molecule has 0 bridgehead atoms. The number of fused-ring (bicyclic) bond motifs is 1.